The largest absolute Gasteiger partial charge is 0.398 e. The minimum absolute atomic E-state index is 0.0446. The number of nitrogens with zero attached hydrogens (tertiary/aromatic N) is 1. The highest BCUT2D eigenvalue weighted by molar-refractivity contribution is 7.91. The summed E-state index contributed by atoms with van der Waals surface area (Å²) in [7, 11) is -3.22. The SMILES string of the molecule is CCS(=O)(=O)c1ccc(N)c(CC#N)c1. The summed E-state index contributed by atoms with van der Waals surface area (Å²) >= 11 is 0. The lowest BCUT2D eigenvalue weighted by Crippen LogP contribution is -2.05. The van der Waals surface area contributed by atoms with Crippen molar-refractivity contribution in [2.45, 2.75) is 18.2 Å². The Morgan fingerprint density at radius 3 is 2.67 bits per heavy atom. The first-order valence-electron chi connectivity index (χ1n) is 4.49. The first kappa shape index (κ1) is 11.5. The van der Waals surface area contributed by atoms with Gasteiger partial charge in [-0.25, -0.2) is 8.42 Å². The molecule has 4 nitrogen and oxygen atoms in total. The Balaban J connectivity index is 3.26. The zero-order valence-electron chi connectivity index (χ0n) is 8.40. The molecule has 0 radical (unpaired) electrons. The number of hydrogen-bond donors (Lipinski definition) is 1. The topological polar surface area (TPSA) is 83.9 Å². The van der Waals surface area contributed by atoms with Gasteiger partial charge in [-0.15, -0.1) is 0 Å². The molecule has 0 aliphatic rings. The smallest absolute Gasteiger partial charge is 0.178 e. The van der Waals surface area contributed by atoms with E-state index in [2.05, 4.69) is 0 Å². The Bertz CT molecular complexity index is 501. The van der Waals surface area contributed by atoms with E-state index in [-0.39, 0.29) is 17.1 Å². The fourth-order valence-electron chi connectivity index (χ4n) is 1.18. The van der Waals surface area contributed by atoms with Gasteiger partial charge >= 0.3 is 0 Å². The van der Waals surface area contributed by atoms with E-state index in [4.69, 9.17) is 11.0 Å². The van der Waals surface area contributed by atoms with Gasteiger partial charge in [-0.05, 0) is 23.8 Å². The summed E-state index contributed by atoms with van der Waals surface area (Å²) in [5.41, 5.74) is 6.63. The molecule has 1 aromatic carbocycles. The van der Waals surface area contributed by atoms with Crippen molar-refractivity contribution in [3.63, 3.8) is 0 Å². The number of sulfone groups is 1. The number of nitrogens with two attached hydrogens (primary N) is 1. The zero-order chi connectivity index (χ0) is 11.5. The van der Waals surface area contributed by atoms with Gasteiger partial charge in [0.2, 0.25) is 0 Å². The molecule has 5 heteroatoms. The summed E-state index contributed by atoms with van der Waals surface area (Å²) in [5, 5.41) is 8.54. The lowest BCUT2D eigenvalue weighted by Gasteiger charge is -2.05. The second-order valence-electron chi connectivity index (χ2n) is 3.10. The second kappa shape index (κ2) is 4.32. The van der Waals surface area contributed by atoms with E-state index >= 15 is 0 Å². The zero-order valence-corrected chi connectivity index (χ0v) is 9.21. The summed E-state index contributed by atoms with van der Waals surface area (Å²) < 4.78 is 23.1. The van der Waals surface area contributed by atoms with E-state index in [0.29, 0.717) is 11.3 Å². The van der Waals surface area contributed by atoms with E-state index in [9.17, 15) is 8.42 Å². The summed E-state index contributed by atoms with van der Waals surface area (Å²) in [5.74, 6) is 0.0446. The van der Waals surface area contributed by atoms with Crippen molar-refractivity contribution in [1.29, 1.82) is 5.26 Å². The number of benzene rings is 1. The molecule has 0 atom stereocenters. The van der Waals surface area contributed by atoms with Crippen LogP contribution >= 0.6 is 0 Å². The molecule has 80 valence electrons. The lowest BCUT2D eigenvalue weighted by molar-refractivity contribution is 0.597. The molecule has 0 bridgehead atoms. The molecule has 0 unspecified atom stereocenters. The number of nitrogen functional groups attached to an aromatic ring is 1. The summed E-state index contributed by atoms with van der Waals surface area (Å²) in [4.78, 5) is 0.226. The van der Waals surface area contributed by atoms with Gasteiger partial charge in [0.25, 0.3) is 0 Å². The average molecular weight is 224 g/mol. The molecule has 15 heavy (non-hydrogen) atoms. The average Bonchev–Trinajstić information content (AvgIpc) is 2.21. The van der Waals surface area contributed by atoms with Crippen LogP contribution in [-0.2, 0) is 16.3 Å². The van der Waals surface area contributed by atoms with Gasteiger partial charge < -0.3 is 5.73 Å². The molecule has 0 heterocycles. The summed E-state index contributed by atoms with van der Waals surface area (Å²) in [6.45, 7) is 1.58. The van der Waals surface area contributed by atoms with Crippen molar-refractivity contribution in [2.75, 3.05) is 11.5 Å². The quantitative estimate of drug-likeness (QED) is 0.780. The third-order valence-corrected chi connectivity index (χ3v) is 3.86. The highest BCUT2D eigenvalue weighted by Crippen LogP contribution is 2.19. The van der Waals surface area contributed by atoms with Gasteiger partial charge in [-0.2, -0.15) is 5.26 Å². The molecule has 0 aromatic heterocycles. The molecule has 0 fully saturated rings. The molecular weight excluding hydrogens is 212 g/mol. The predicted octanol–water partition coefficient (Wildman–Crippen LogP) is 1.13. The number of rotatable bonds is 3. The lowest BCUT2D eigenvalue weighted by atomic mass is 10.1. The molecule has 2 N–H and O–H groups in total. The first-order valence-corrected chi connectivity index (χ1v) is 6.14. The molecule has 0 aliphatic carbocycles. The molecule has 0 amide bonds. The maximum absolute atomic E-state index is 11.5. The second-order valence-corrected chi connectivity index (χ2v) is 5.38. The highest BCUT2D eigenvalue weighted by atomic mass is 32.2. The van der Waals surface area contributed by atoms with E-state index in [1.807, 2.05) is 6.07 Å². The number of hydrogen-bond acceptors (Lipinski definition) is 4. The van der Waals surface area contributed by atoms with Crippen LogP contribution in [0.2, 0.25) is 0 Å². The summed E-state index contributed by atoms with van der Waals surface area (Å²) in [6, 6.07) is 6.41. The van der Waals surface area contributed by atoms with Crippen molar-refractivity contribution in [1.82, 2.24) is 0 Å². The molecule has 0 saturated carbocycles. The minimum Gasteiger partial charge on any atom is -0.398 e. The van der Waals surface area contributed by atoms with Crippen molar-refractivity contribution in [3.8, 4) is 6.07 Å². The Hall–Kier alpha value is -1.54. The molecule has 1 aromatic rings. The van der Waals surface area contributed by atoms with Crippen LogP contribution in [0.15, 0.2) is 23.1 Å². The monoisotopic (exact) mass is 224 g/mol. The van der Waals surface area contributed by atoms with Gasteiger partial charge in [0.15, 0.2) is 9.84 Å². The maximum Gasteiger partial charge on any atom is 0.178 e. The van der Waals surface area contributed by atoms with Crippen LogP contribution in [0.1, 0.15) is 12.5 Å². The van der Waals surface area contributed by atoms with Crippen molar-refractivity contribution in [3.05, 3.63) is 23.8 Å². The van der Waals surface area contributed by atoms with Gasteiger partial charge in [-0.1, -0.05) is 6.92 Å². The van der Waals surface area contributed by atoms with E-state index < -0.39 is 9.84 Å². The fraction of sp³-hybridized carbons (Fsp3) is 0.300. The molecule has 0 aliphatic heterocycles. The number of nitriles is 1. The molecule has 0 spiro atoms. The maximum atomic E-state index is 11.5. The first-order chi connectivity index (χ1) is 7.01. The van der Waals surface area contributed by atoms with Gasteiger partial charge in [0.05, 0.1) is 23.1 Å². The van der Waals surface area contributed by atoms with Crippen LogP contribution in [0, 0.1) is 11.3 Å². The Kier molecular flexibility index (Phi) is 3.32. The third kappa shape index (κ3) is 2.48. The van der Waals surface area contributed by atoms with Gasteiger partial charge in [0.1, 0.15) is 0 Å². The molecule has 1 rings (SSSR count). The van der Waals surface area contributed by atoms with Crippen molar-refractivity contribution < 1.29 is 8.42 Å². The molecule has 0 saturated heterocycles. The van der Waals surface area contributed by atoms with Crippen LogP contribution in [-0.4, -0.2) is 14.2 Å². The molecular formula is C10H12N2O2S. The minimum atomic E-state index is -3.22. The van der Waals surface area contributed by atoms with E-state index in [0.717, 1.165) is 0 Å². The third-order valence-electron chi connectivity index (χ3n) is 2.12. The Morgan fingerprint density at radius 1 is 1.47 bits per heavy atom. The Labute approximate surface area is 89.2 Å². The standard InChI is InChI=1S/C10H12N2O2S/c1-2-15(13,14)9-3-4-10(12)8(7-9)5-6-11/h3-4,7H,2,5,12H2,1H3. The van der Waals surface area contributed by atoms with Crippen LogP contribution in [0.4, 0.5) is 5.69 Å². The van der Waals surface area contributed by atoms with Crippen LogP contribution in [0.3, 0.4) is 0 Å². The van der Waals surface area contributed by atoms with Crippen LogP contribution in [0.25, 0.3) is 0 Å². The van der Waals surface area contributed by atoms with Gasteiger partial charge in [-0.3, -0.25) is 0 Å². The summed E-state index contributed by atoms with van der Waals surface area (Å²) in [6.07, 6.45) is 0.124. The normalized spacial score (nSPS) is 10.9. The number of anilines is 1. The Morgan fingerprint density at radius 2 is 2.13 bits per heavy atom. The highest BCUT2D eigenvalue weighted by Gasteiger charge is 2.12. The van der Waals surface area contributed by atoms with Crippen molar-refractivity contribution in [2.24, 2.45) is 0 Å². The van der Waals surface area contributed by atoms with E-state index in [1.54, 1.807) is 6.92 Å². The van der Waals surface area contributed by atoms with Gasteiger partial charge in [0, 0.05) is 5.69 Å². The van der Waals surface area contributed by atoms with Crippen LogP contribution in [0.5, 0.6) is 0 Å². The predicted molar refractivity (Wildman–Crippen MR) is 57.9 cm³/mol. The fourth-order valence-corrected chi connectivity index (χ4v) is 2.11. The van der Waals surface area contributed by atoms with Crippen molar-refractivity contribution >= 4 is 15.5 Å². The van der Waals surface area contributed by atoms with Crippen LogP contribution < -0.4 is 5.73 Å². The van der Waals surface area contributed by atoms with E-state index in [1.165, 1.54) is 18.2 Å².